The van der Waals surface area contributed by atoms with Crippen LogP contribution in [0.5, 0.6) is 0 Å². The molecule has 1 unspecified atom stereocenters. The maximum Gasteiger partial charge on any atom is 0.261 e. The van der Waals surface area contributed by atoms with Gasteiger partial charge in [0.2, 0.25) is 0 Å². The van der Waals surface area contributed by atoms with Crippen LogP contribution in [0.1, 0.15) is 47.5 Å². The van der Waals surface area contributed by atoms with Gasteiger partial charge in [-0.25, -0.2) is 0 Å². The van der Waals surface area contributed by atoms with Crippen LogP contribution in [0.25, 0.3) is 0 Å². The molecule has 0 aliphatic carbocycles. The number of ether oxygens (including phenoxy) is 2. The first-order valence-corrected chi connectivity index (χ1v) is 13.9. The van der Waals surface area contributed by atoms with Gasteiger partial charge in [0.25, 0.3) is 8.32 Å². The van der Waals surface area contributed by atoms with Gasteiger partial charge < -0.3 is 13.9 Å². The van der Waals surface area contributed by atoms with Gasteiger partial charge in [-0.2, -0.15) is 0 Å². The van der Waals surface area contributed by atoms with Crippen LogP contribution in [-0.2, 0) is 13.9 Å². The smallest absolute Gasteiger partial charge is 0.261 e. The molecule has 0 bridgehead atoms. The van der Waals surface area contributed by atoms with Crippen LogP contribution in [0.2, 0.25) is 5.04 Å². The first-order valence-electron chi connectivity index (χ1n) is 12.0. The third kappa shape index (κ3) is 7.70. The van der Waals surface area contributed by atoms with Crippen molar-refractivity contribution < 1.29 is 13.9 Å². The molecule has 0 aliphatic rings. The Labute approximate surface area is 196 Å². The van der Waals surface area contributed by atoms with Crippen LogP contribution in [0.4, 0.5) is 0 Å². The monoisotopic (exact) mass is 454 g/mol. The zero-order chi connectivity index (χ0) is 23.3. The summed E-state index contributed by atoms with van der Waals surface area (Å²) in [6.07, 6.45) is 6.15. The Balaban J connectivity index is 1.93. The Hall–Kier alpha value is -1.72. The Morgan fingerprint density at radius 1 is 0.812 bits per heavy atom. The van der Waals surface area contributed by atoms with Crippen molar-refractivity contribution in [3.05, 3.63) is 72.8 Å². The zero-order valence-electron chi connectivity index (χ0n) is 20.7. The average molecular weight is 455 g/mol. The number of rotatable bonds is 14. The summed E-state index contributed by atoms with van der Waals surface area (Å²) in [4.78, 5) is 0. The van der Waals surface area contributed by atoms with Crippen molar-refractivity contribution in [2.45, 2.75) is 52.5 Å². The summed E-state index contributed by atoms with van der Waals surface area (Å²) >= 11 is 0. The normalized spacial score (nSPS) is 13.5. The molecule has 0 radical (unpaired) electrons. The van der Waals surface area contributed by atoms with Crippen molar-refractivity contribution in [3.8, 4) is 0 Å². The third-order valence-corrected chi connectivity index (χ3v) is 10.6. The summed E-state index contributed by atoms with van der Waals surface area (Å²) in [5, 5.41) is 2.65. The lowest BCUT2D eigenvalue weighted by molar-refractivity contribution is 0.0500. The number of hydrogen-bond acceptors (Lipinski definition) is 3. The van der Waals surface area contributed by atoms with Crippen LogP contribution >= 0.6 is 0 Å². The van der Waals surface area contributed by atoms with Crippen molar-refractivity contribution in [2.24, 2.45) is 5.92 Å². The number of hydrogen-bond donors (Lipinski definition) is 0. The molecule has 0 spiro atoms. The highest BCUT2D eigenvalue weighted by atomic mass is 28.4. The van der Waals surface area contributed by atoms with Crippen LogP contribution in [0, 0.1) is 5.92 Å². The molecule has 0 amide bonds. The van der Waals surface area contributed by atoms with E-state index in [1.54, 1.807) is 0 Å². The highest BCUT2D eigenvalue weighted by Gasteiger charge is 2.49. The van der Waals surface area contributed by atoms with E-state index in [-0.39, 0.29) is 5.04 Å². The van der Waals surface area contributed by atoms with Crippen molar-refractivity contribution in [1.29, 1.82) is 0 Å². The summed E-state index contributed by atoms with van der Waals surface area (Å²) in [6, 6.07) is 21.6. The fraction of sp³-hybridized carbons (Fsp3) is 0.500. The quantitative estimate of drug-likeness (QED) is 0.212. The van der Waals surface area contributed by atoms with E-state index >= 15 is 0 Å². The van der Waals surface area contributed by atoms with E-state index < -0.39 is 8.32 Å². The van der Waals surface area contributed by atoms with E-state index in [1.165, 1.54) is 10.4 Å². The van der Waals surface area contributed by atoms with E-state index in [0.29, 0.717) is 25.7 Å². The first-order chi connectivity index (χ1) is 15.4. The second-order valence-corrected chi connectivity index (χ2v) is 13.8. The lowest BCUT2D eigenvalue weighted by Gasteiger charge is -2.43. The molecule has 176 valence electrons. The fourth-order valence-electron chi connectivity index (χ4n) is 4.05. The number of allylic oxidation sites excluding steroid dienone is 1. The highest BCUT2D eigenvalue weighted by molar-refractivity contribution is 6.99. The van der Waals surface area contributed by atoms with Crippen LogP contribution in [0.15, 0.2) is 72.8 Å². The van der Waals surface area contributed by atoms with E-state index in [0.717, 1.165) is 26.1 Å². The lowest BCUT2D eigenvalue weighted by Crippen LogP contribution is -2.66. The molecule has 0 aromatic heterocycles. The van der Waals surface area contributed by atoms with Gasteiger partial charge in [-0.05, 0) is 28.3 Å². The SMILES string of the molecule is CC/C=C\COCC(C)COCCCO[Si](c1ccccc1)(c1ccccc1)C(C)(C)C. The molecule has 1 atom stereocenters. The van der Waals surface area contributed by atoms with Crippen LogP contribution in [0.3, 0.4) is 0 Å². The molecular weight excluding hydrogens is 412 g/mol. The lowest BCUT2D eigenvalue weighted by atomic mass is 10.2. The van der Waals surface area contributed by atoms with Gasteiger partial charge in [0.05, 0.1) is 19.8 Å². The van der Waals surface area contributed by atoms with Crippen molar-refractivity contribution in [1.82, 2.24) is 0 Å². The Morgan fingerprint density at radius 3 is 1.91 bits per heavy atom. The minimum absolute atomic E-state index is 0.00857. The second kappa shape index (κ2) is 13.7. The van der Waals surface area contributed by atoms with Crippen molar-refractivity contribution in [3.63, 3.8) is 0 Å². The van der Waals surface area contributed by atoms with Gasteiger partial charge in [-0.3, -0.25) is 0 Å². The Kier molecular flexibility index (Phi) is 11.4. The van der Waals surface area contributed by atoms with Gasteiger partial charge >= 0.3 is 0 Å². The molecular formula is C28H42O3Si. The minimum atomic E-state index is -2.44. The molecule has 2 rings (SSSR count). The second-order valence-electron chi connectivity index (χ2n) is 9.46. The summed E-state index contributed by atoms with van der Waals surface area (Å²) in [5.74, 6) is 0.391. The van der Waals surface area contributed by atoms with E-state index in [2.05, 4.69) is 107 Å². The third-order valence-electron chi connectivity index (χ3n) is 5.59. The van der Waals surface area contributed by atoms with E-state index in [9.17, 15) is 0 Å². The summed E-state index contributed by atoms with van der Waals surface area (Å²) < 4.78 is 18.5. The van der Waals surface area contributed by atoms with Gasteiger partial charge in [0, 0.05) is 19.1 Å². The van der Waals surface area contributed by atoms with Crippen LogP contribution in [-0.4, -0.2) is 41.4 Å². The minimum Gasteiger partial charge on any atom is -0.407 e. The van der Waals surface area contributed by atoms with Gasteiger partial charge in [-0.15, -0.1) is 0 Å². The molecule has 0 saturated heterocycles. The maximum absolute atomic E-state index is 6.90. The molecule has 0 heterocycles. The Bertz CT molecular complexity index is 729. The molecule has 3 nitrogen and oxygen atoms in total. The van der Waals surface area contributed by atoms with Crippen molar-refractivity contribution in [2.75, 3.05) is 33.0 Å². The van der Waals surface area contributed by atoms with Gasteiger partial charge in [0.15, 0.2) is 0 Å². The molecule has 0 fully saturated rings. The summed E-state index contributed by atoms with van der Waals surface area (Å²) in [5.41, 5.74) is 0. The van der Waals surface area contributed by atoms with Crippen molar-refractivity contribution >= 4 is 18.7 Å². The molecule has 0 aliphatic heterocycles. The highest BCUT2D eigenvalue weighted by Crippen LogP contribution is 2.36. The fourth-order valence-corrected chi connectivity index (χ4v) is 8.66. The zero-order valence-corrected chi connectivity index (χ0v) is 21.7. The first kappa shape index (κ1) is 26.5. The van der Waals surface area contributed by atoms with Gasteiger partial charge in [0.1, 0.15) is 0 Å². The summed E-state index contributed by atoms with van der Waals surface area (Å²) in [7, 11) is -2.44. The predicted molar refractivity (Wildman–Crippen MR) is 138 cm³/mol. The predicted octanol–water partition coefficient (Wildman–Crippen LogP) is 5.59. The molecule has 32 heavy (non-hydrogen) atoms. The number of benzene rings is 2. The molecule has 0 N–H and O–H groups in total. The van der Waals surface area contributed by atoms with E-state index in [4.69, 9.17) is 13.9 Å². The maximum atomic E-state index is 6.90. The topological polar surface area (TPSA) is 27.7 Å². The average Bonchev–Trinajstić information content (AvgIpc) is 2.79. The van der Waals surface area contributed by atoms with E-state index in [1.807, 2.05) is 0 Å². The van der Waals surface area contributed by atoms with Crippen LogP contribution < -0.4 is 10.4 Å². The molecule has 2 aromatic rings. The largest absolute Gasteiger partial charge is 0.407 e. The summed E-state index contributed by atoms with van der Waals surface area (Å²) in [6.45, 7) is 14.8. The standard InChI is InChI=1S/C28H42O3Si/c1-6-7-14-20-29-23-25(2)24-30-21-15-22-31-32(28(3,4)5,26-16-10-8-11-17-26)27-18-12-9-13-19-27/h7-14,16-19,25H,6,15,20-24H2,1-5H3/b14-7-. The molecule has 2 aromatic carbocycles. The molecule has 0 saturated carbocycles. The van der Waals surface area contributed by atoms with Gasteiger partial charge in [-0.1, -0.05) is 107 Å². The molecule has 4 heteroatoms. The Morgan fingerprint density at radius 2 is 1.38 bits per heavy atom.